The predicted molar refractivity (Wildman–Crippen MR) is 59.4 cm³/mol. The Morgan fingerprint density at radius 3 is 3.00 bits per heavy atom. The van der Waals surface area contributed by atoms with Gasteiger partial charge in [0.25, 0.3) is 0 Å². The van der Waals surface area contributed by atoms with Crippen molar-refractivity contribution >= 4 is 11.6 Å². The molecule has 1 aliphatic rings. The molecule has 0 saturated carbocycles. The molecule has 1 amide bonds. The first-order valence-electron chi connectivity index (χ1n) is 5.09. The molecule has 0 aliphatic carbocycles. The summed E-state index contributed by atoms with van der Waals surface area (Å²) in [7, 11) is 0. The number of hydrogen-bond acceptors (Lipinski definition) is 3. The lowest BCUT2D eigenvalue weighted by Gasteiger charge is -2.11. The zero-order chi connectivity index (χ0) is 10.8. The Balaban J connectivity index is 2.23. The molecule has 0 bridgehead atoms. The highest BCUT2D eigenvalue weighted by Gasteiger charge is 2.18. The minimum absolute atomic E-state index is 0.0315. The summed E-state index contributed by atoms with van der Waals surface area (Å²) in [4.78, 5) is 11.1. The molecule has 1 unspecified atom stereocenters. The summed E-state index contributed by atoms with van der Waals surface area (Å²) in [6.45, 7) is 0.579. The molecule has 0 aromatic heterocycles. The second kappa shape index (κ2) is 4.00. The Hall–Kier alpha value is -1.39. The van der Waals surface area contributed by atoms with Crippen molar-refractivity contribution in [3.63, 3.8) is 0 Å². The number of nitrogens with two attached hydrogens (primary N) is 2. The van der Waals surface area contributed by atoms with Crippen LogP contribution in [0.5, 0.6) is 0 Å². The SMILES string of the molecule is NCCC(N)c1ccc2c(c1)CC(=O)N2. The van der Waals surface area contributed by atoms with Crippen LogP contribution in [0.25, 0.3) is 0 Å². The van der Waals surface area contributed by atoms with Crippen molar-refractivity contribution in [2.24, 2.45) is 11.5 Å². The summed E-state index contributed by atoms with van der Waals surface area (Å²) in [6, 6.07) is 5.82. The smallest absolute Gasteiger partial charge is 0.228 e. The van der Waals surface area contributed by atoms with E-state index < -0.39 is 0 Å². The number of benzene rings is 1. The summed E-state index contributed by atoms with van der Waals surface area (Å²) >= 11 is 0. The fraction of sp³-hybridized carbons (Fsp3) is 0.364. The van der Waals surface area contributed by atoms with Gasteiger partial charge >= 0.3 is 0 Å². The largest absolute Gasteiger partial charge is 0.330 e. The maximum Gasteiger partial charge on any atom is 0.228 e. The van der Waals surface area contributed by atoms with Gasteiger partial charge in [-0.25, -0.2) is 0 Å². The topological polar surface area (TPSA) is 81.1 Å². The molecule has 1 aliphatic heterocycles. The van der Waals surface area contributed by atoms with Crippen LogP contribution in [-0.2, 0) is 11.2 Å². The van der Waals surface area contributed by atoms with Crippen molar-refractivity contribution in [1.82, 2.24) is 0 Å². The molecule has 1 aromatic rings. The van der Waals surface area contributed by atoms with Crippen LogP contribution in [0.1, 0.15) is 23.6 Å². The molecule has 0 radical (unpaired) electrons. The van der Waals surface area contributed by atoms with E-state index in [1.54, 1.807) is 0 Å². The van der Waals surface area contributed by atoms with Gasteiger partial charge in [0.15, 0.2) is 0 Å². The molecule has 5 N–H and O–H groups in total. The monoisotopic (exact) mass is 205 g/mol. The molecule has 4 heteroatoms. The average Bonchev–Trinajstić information content (AvgIpc) is 2.57. The van der Waals surface area contributed by atoms with Crippen molar-refractivity contribution < 1.29 is 4.79 Å². The lowest BCUT2D eigenvalue weighted by atomic mass is 10.0. The van der Waals surface area contributed by atoms with Crippen molar-refractivity contribution in [3.05, 3.63) is 29.3 Å². The van der Waals surface area contributed by atoms with Gasteiger partial charge in [0.05, 0.1) is 6.42 Å². The van der Waals surface area contributed by atoms with Crippen LogP contribution in [-0.4, -0.2) is 12.5 Å². The normalized spacial score (nSPS) is 16.0. The van der Waals surface area contributed by atoms with E-state index in [2.05, 4.69) is 5.32 Å². The van der Waals surface area contributed by atoms with Gasteiger partial charge in [-0.3, -0.25) is 4.79 Å². The Morgan fingerprint density at radius 2 is 2.27 bits per heavy atom. The number of amides is 1. The van der Waals surface area contributed by atoms with E-state index in [9.17, 15) is 4.79 Å². The molecule has 0 spiro atoms. The van der Waals surface area contributed by atoms with Gasteiger partial charge in [0, 0.05) is 11.7 Å². The van der Waals surface area contributed by atoms with Gasteiger partial charge in [0.1, 0.15) is 0 Å². The van der Waals surface area contributed by atoms with Gasteiger partial charge in [0.2, 0.25) is 5.91 Å². The van der Waals surface area contributed by atoms with Crippen LogP contribution in [0.15, 0.2) is 18.2 Å². The lowest BCUT2D eigenvalue weighted by Crippen LogP contribution is -2.15. The molecule has 0 fully saturated rings. The van der Waals surface area contributed by atoms with Gasteiger partial charge in [-0.2, -0.15) is 0 Å². The molecule has 4 nitrogen and oxygen atoms in total. The molecule has 15 heavy (non-hydrogen) atoms. The summed E-state index contributed by atoms with van der Waals surface area (Å²) in [6.07, 6.45) is 1.22. The molecule has 1 heterocycles. The third kappa shape index (κ3) is 2.00. The van der Waals surface area contributed by atoms with Crippen LogP contribution in [0.4, 0.5) is 5.69 Å². The van der Waals surface area contributed by atoms with E-state index in [0.29, 0.717) is 13.0 Å². The van der Waals surface area contributed by atoms with Crippen LogP contribution in [0, 0.1) is 0 Å². The number of carbonyl (C=O) groups is 1. The molecule has 1 aromatic carbocycles. The van der Waals surface area contributed by atoms with Crippen LogP contribution >= 0.6 is 0 Å². The van der Waals surface area contributed by atoms with Crippen LogP contribution in [0.2, 0.25) is 0 Å². The third-order valence-corrected chi connectivity index (χ3v) is 2.66. The predicted octanol–water partition coefficient (Wildman–Crippen LogP) is 0.530. The molecular weight excluding hydrogens is 190 g/mol. The lowest BCUT2D eigenvalue weighted by molar-refractivity contribution is -0.115. The van der Waals surface area contributed by atoms with Gasteiger partial charge in [-0.05, 0) is 30.2 Å². The molecule has 1 atom stereocenters. The Kier molecular flexibility index (Phi) is 2.70. The maximum absolute atomic E-state index is 11.1. The zero-order valence-electron chi connectivity index (χ0n) is 8.49. The average molecular weight is 205 g/mol. The van der Waals surface area contributed by atoms with Gasteiger partial charge in [-0.15, -0.1) is 0 Å². The number of anilines is 1. The highest BCUT2D eigenvalue weighted by atomic mass is 16.1. The third-order valence-electron chi connectivity index (χ3n) is 2.66. The van der Waals surface area contributed by atoms with Crippen LogP contribution in [0.3, 0.4) is 0 Å². The van der Waals surface area contributed by atoms with Crippen molar-refractivity contribution in [2.45, 2.75) is 18.9 Å². The number of rotatable bonds is 3. The van der Waals surface area contributed by atoms with E-state index in [4.69, 9.17) is 11.5 Å². The number of hydrogen-bond donors (Lipinski definition) is 3. The number of carbonyl (C=O) groups excluding carboxylic acids is 1. The molecule has 2 rings (SSSR count). The van der Waals surface area contributed by atoms with Gasteiger partial charge < -0.3 is 16.8 Å². The summed E-state index contributed by atoms with van der Waals surface area (Å²) in [5.41, 5.74) is 14.4. The second-order valence-electron chi connectivity index (χ2n) is 3.83. The second-order valence-corrected chi connectivity index (χ2v) is 3.83. The minimum atomic E-state index is -0.0315. The minimum Gasteiger partial charge on any atom is -0.330 e. The first-order valence-corrected chi connectivity index (χ1v) is 5.09. The standard InChI is InChI=1S/C11H15N3O/c12-4-3-9(13)7-1-2-10-8(5-7)6-11(15)14-10/h1-2,5,9H,3-4,6,12-13H2,(H,14,15). The Morgan fingerprint density at radius 1 is 1.47 bits per heavy atom. The van der Waals surface area contributed by atoms with E-state index >= 15 is 0 Å². The van der Waals surface area contributed by atoms with Crippen molar-refractivity contribution in [3.8, 4) is 0 Å². The number of nitrogens with one attached hydrogen (secondary N) is 1. The zero-order valence-corrected chi connectivity index (χ0v) is 8.49. The van der Waals surface area contributed by atoms with Crippen LogP contribution < -0.4 is 16.8 Å². The Labute approximate surface area is 88.6 Å². The highest BCUT2D eigenvalue weighted by Crippen LogP contribution is 2.26. The van der Waals surface area contributed by atoms with Crippen molar-refractivity contribution in [2.75, 3.05) is 11.9 Å². The fourth-order valence-corrected chi connectivity index (χ4v) is 1.83. The number of fused-ring (bicyclic) bond motifs is 1. The first kappa shape index (κ1) is 10.1. The first-order chi connectivity index (χ1) is 7.20. The summed E-state index contributed by atoms with van der Waals surface area (Å²) < 4.78 is 0. The van der Waals surface area contributed by atoms with E-state index in [0.717, 1.165) is 23.2 Å². The van der Waals surface area contributed by atoms with Crippen molar-refractivity contribution in [1.29, 1.82) is 0 Å². The quantitative estimate of drug-likeness (QED) is 0.673. The molecule has 80 valence electrons. The maximum atomic E-state index is 11.1. The molecule has 0 saturated heterocycles. The Bertz CT molecular complexity index is 389. The fourth-order valence-electron chi connectivity index (χ4n) is 1.83. The summed E-state index contributed by atoms with van der Waals surface area (Å²) in [5, 5.41) is 2.79. The highest BCUT2D eigenvalue weighted by molar-refractivity contribution is 5.99. The van der Waals surface area contributed by atoms with Gasteiger partial charge in [-0.1, -0.05) is 12.1 Å². The van der Waals surface area contributed by atoms with E-state index in [1.807, 2.05) is 18.2 Å². The van der Waals surface area contributed by atoms with E-state index in [1.165, 1.54) is 0 Å². The molecular formula is C11H15N3O. The van der Waals surface area contributed by atoms with E-state index in [-0.39, 0.29) is 11.9 Å². The summed E-state index contributed by atoms with van der Waals surface area (Å²) in [5.74, 6) is 0.0505.